The van der Waals surface area contributed by atoms with Crippen LogP contribution in [0.4, 0.5) is 11.6 Å². The number of anilines is 2. The third-order valence-corrected chi connectivity index (χ3v) is 2.42. The first kappa shape index (κ1) is 13.7. The highest BCUT2D eigenvalue weighted by Gasteiger charge is 2.07. The fourth-order valence-corrected chi connectivity index (χ4v) is 1.46. The Hall–Kier alpha value is -1.40. The number of rotatable bonds is 7. The number of ether oxygens (including phenoxy) is 1. The summed E-state index contributed by atoms with van der Waals surface area (Å²) >= 11 is 0. The quantitative estimate of drug-likeness (QED) is 0.549. The largest absolute Gasteiger partial charge is 0.377 e. The number of nitrogen functional groups attached to an aromatic ring is 1. The smallest absolute Gasteiger partial charge is 0.158 e. The van der Waals surface area contributed by atoms with Crippen LogP contribution in [0.25, 0.3) is 0 Å². The number of aromatic nitrogens is 2. The molecule has 17 heavy (non-hydrogen) atoms. The fourth-order valence-electron chi connectivity index (χ4n) is 1.46. The topological polar surface area (TPSA) is 76.3 Å². The third kappa shape index (κ3) is 4.16. The van der Waals surface area contributed by atoms with Crippen LogP contribution in [-0.2, 0) is 11.3 Å². The Morgan fingerprint density at radius 3 is 2.82 bits per heavy atom. The van der Waals surface area contributed by atoms with Gasteiger partial charge < -0.3 is 15.1 Å². The van der Waals surface area contributed by atoms with E-state index in [9.17, 15) is 0 Å². The van der Waals surface area contributed by atoms with E-state index in [4.69, 9.17) is 10.6 Å². The molecule has 0 radical (unpaired) electrons. The predicted octanol–water partition coefficient (Wildman–Crippen LogP) is 1.14. The van der Waals surface area contributed by atoms with Crippen LogP contribution in [0, 0.1) is 0 Å². The molecule has 0 saturated heterocycles. The Kier molecular flexibility index (Phi) is 5.65. The highest BCUT2D eigenvalue weighted by atomic mass is 16.5. The molecule has 1 aromatic heterocycles. The van der Waals surface area contributed by atoms with E-state index in [0.29, 0.717) is 18.2 Å². The van der Waals surface area contributed by atoms with Crippen LogP contribution < -0.4 is 16.2 Å². The molecular formula is C11H21N5O. The molecule has 0 saturated carbocycles. The normalized spacial score (nSPS) is 10.4. The van der Waals surface area contributed by atoms with Crippen molar-refractivity contribution in [3.63, 3.8) is 0 Å². The van der Waals surface area contributed by atoms with Crippen LogP contribution in [0.2, 0.25) is 0 Å². The van der Waals surface area contributed by atoms with Crippen LogP contribution in [0.15, 0.2) is 6.07 Å². The SMILES string of the molecule is CCCCN(C)c1cc(NN)nc(COC)n1. The summed E-state index contributed by atoms with van der Waals surface area (Å²) in [6.07, 6.45) is 2.29. The second-order valence-electron chi connectivity index (χ2n) is 3.88. The third-order valence-electron chi connectivity index (χ3n) is 2.42. The molecule has 0 aromatic carbocycles. The molecule has 0 aliphatic heterocycles. The molecule has 0 spiro atoms. The first-order valence-electron chi connectivity index (χ1n) is 5.76. The van der Waals surface area contributed by atoms with Gasteiger partial charge in [0.05, 0.1) is 0 Å². The number of hydrogen-bond donors (Lipinski definition) is 2. The maximum atomic E-state index is 5.38. The van der Waals surface area contributed by atoms with Gasteiger partial charge in [-0.25, -0.2) is 15.8 Å². The van der Waals surface area contributed by atoms with Crippen LogP contribution in [0.1, 0.15) is 25.6 Å². The number of methoxy groups -OCH3 is 1. The molecule has 0 bridgehead atoms. The average molecular weight is 239 g/mol. The van der Waals surface area contributed by atoms with Gasteiger partial charge in [-0.15, -0.1) is 0 Å². The number of hydrazine groups is 1. The zero-order valence-corrected chi connectivity index (χ0v) is 10.7. The van der Waals surface area contributed by atoms with Gasteiger partial charge in [0.1, 0.15) is 18.2 Å². The van der Waals surface area contributed by atoms with Crippen molar-refractivity contribution in [2.75, 3.05) is 31.0 Å². The minimum absolute atomic E-state index is 0.379. The first-order chi connectivity index (χ1) is 8.21. The lowest BCUT2D eigenvalue weighted by atomic mass is 10.3. The molecule has 6 heteroatoms. The van der Waals surface area contributed by atoms with Gasteiger partial charge in [0.15, 0.2) is 5.82 Å². The average Bonchev–Trinajstić information content (AvgIpc) is 2.35. The summed E-state index contributed by atoms with van der Waals surface area (Å²) in [7, 11) is 3.63. The zero-order chi connectivity index (χ0) is 12.7. The van der Waals surface area contributed by atoms with Gasteiger partial charge >= 0.3 is 0 Å². The van der Waals surface area contributed by atoms with Crippen LogP contribution in [0.3, 0.4) is 0 Å². The summed E-state index contributed by atoms with van der Waals surface area (Å²) in [5, 5.41) is 0. The van der Waals surface area contributed by atoms with Crippen molar-refractivity contribution in [1.29, 1.82) is 0 Å². The van der Waals surface area contributed by atoms with Gasteiger partial charge in [-0.1, -0.05) is 13.3 Å². The summed E-state index contributed by atoms with van der Waals surface area (Å²) in [6.45, 7) is 3.51. The van der Waals surface area contributed by atoms with Crippen molar-refractivity contribution in [2.24, 2.45) is 5.84 Å². The Balaban J connectivity index is 2.85. The second-order valence-corrected chi connectivity index (χ2v) is 3.88. The number of unbranched alkanes of at least 4 members (excludes halogenated alkanes) is 1. The van der Waals surface area contributed by atoms with Crippen LogP contribution >= 0.6 is 0 Å². The van der Waals surface area contributed by atoms with E-state index < -0.39 is 0 Å². The number of nitrogens with zero attached hydrogens (tertiary/aromatic N) is 3. The minimum Gasteiger partial charge on any atom is -0.377 e. The molecule has 1 heterocycles. The molecule has 0 atom stereocenters. The van der Waals surface area contributed by atoms with Crippen LogP contribution in [-0.4, -0.2) is 30.7 Å². The lowest BCUT2D eigenvalue weighted by Gasteiger charge is -2.19. The van der Waals surface area contributed by atoms with Crippen molar-refractivity contribution in [2.45, 2.75) is 26.4 Å². The van der Waals surface area contributed by atoms with Crippen molar-refractivity contribution < 1.29 is 4.74 Å². The molecule has 0 aliphatic rings. The van der Waals surface area contributed by atoms with E-state index in [-0.39, 0.29) is 0 Å². The van der Waals surface area contributed by atoms with Crippen molar-refractivity contribution in [3.8, 4) is 0 Å². The molecular weight excluding hydrogens is 218 g/mol. The molecule has 96 valence electrons. The van der Waals surface area contributed by atoms with Gasteiger partial charge in [0.25, 0.3) is 0 Å². The van der Waals surface area contributed by atoms with E-state index in [1.807, 2.05) is 13.1 Å². The molecule has 6 nitrogen and oxygen atoms in total. The Morgan fingerprint density at radius 1 is 1.47 bits per heavy atom. The van der Waals surface area contributed by atoms with Gasteiger partial charge in [-0.2, -0.15) is 0 Å². The lowest BCUT2D eigenvalue weighted by Crippen LogP contribution is -2.21. The molecule has 1 aromatic rings. The molecule has 0 unspecified atom stereocenters. The second kappa shape index (κ2) is 7.03. The van der Waals surface area contributed by atoms with E-state index in [1.54, 1.807) is 7.11 Å². The van der Waals surface area contributed by atoms with Crippen molar-refractivity contribution >= 4 is 11.6 Å². The van der Waals surface area contributed by atoms with Crippen molar-refractivity contribution in [1.82, 2.24) is 9.97 Å². The van der Waals surface area contributed by atoms with Gasteiger partial charge in [0, 0.05) is 26.8 Å². The predicted molar refractivity (Wildman–Crippen MR) is 68.7 cm³/mol. The minimum atomic E-state index is 0.379. The standard InChI is InChI=1S/C11H21N5O/c1-4-5-6-16(2)11-7-9(15-12)13-10(14-11)8-17-3/h7H,4-6,8,12H2,1-3H3,(H,13,14,15). The molecule has 0 amide bonds. The summed E-state index contributed by atoms with van der Waals surface area (Å²) < 4.78 is 5.03. The van der Waals surface area contributed by atoms with Gasteiger partial charge in [-0.3, -0.25) is 0 Å². The highest BCUT2D eigenvalue weighted by Crippen LogP contribution is 2.15. The fraction of sp³-hybridized carbons (Fsp3) is 0.636. The molecule has 0 fully saturated rings. The maximum Gasteiger partial charge on any atom is 0.158 e. The number of nitrogens with two attached hydrogens (primary N) is 1. The summed E-state index contributed by atoms with van der Waals surface area (Å²) in [5.41, 5.74) is 2.54. The van der Waals surface area contributed by atoms with Gasteiger partial charge in [-0.05, 0) is 6.42 Å². The Labute approximate surface area is 102 Å². The molecule has 1 rings (SSSR count). The zero-order valence-electron chi connectivity index (χ0n) is 10.7. The van der Waals surface area contributed by atoms with Crippen LogP contribution in [0.5, 0.6) is 0 Å². The highest BCUT2D eigenvalue weighted by molar-refractivity contribution is 5.48. The van der Waals surface area contributed by atoms with E-state index in [0.717, 1.165) is 25.2 Å². The van der Waals surface area contributed by atoms with E-state index in [1.165, 1.54) is 0 Å². The summed E-state index contributed by atoms with van der Waals surface area (Å²) in [5.74, 6) is 7.47. The number of nitrogens with one attached hydrogen (secondary N) is 1. The van der Waals surface area contributed by atoms with E-state index in [2.05, 4.69) is 27.2 Å². The number of hydrogen-bond acceptors (Lipinski definition) is 6. The monoisotopic (exact) mass is 239 g/mol. The Morgan fingerprint density at radius 2 is 2.24 bits per heavy atom. The lowest BCUT2D eigenvalue weighted by molar-refractivity contribution is 0.178. The summed E-state index contributed by atoms with van der Waals surface area (Å²) in [4.78, 5) is 10.7. The van der Waals surface area contributed by atoms with E-state index >= 15 is 0 Å². The maximum absolute atomic E-state index is 5.38. The molecule has 0 aliphatic carbocycles. The van der Waals surface area contributed by atoms with Gasteiger partial charge in [0.2, 0.25) is 0 Å². The molecule has 3 N–H and O–H groups in total. The summed E-state index contributed by atoms with van der Waals surface area (Å²) in [6, 6.07) is 1.83. The van der Waals surface area contributed by atoms with Crippen molar-refractivity contribution in [3.05, 3.63) is 11.9 Å². The first-order valence-corrected chi connectivity index (χ1v) is 5.76. The Bertz CT molecular complexity index is 345.